The number of nitrogens with zero attached hydrogens (tertiary/aromatic N) is 3. The molecule has 16 heteroatoms. The van der Waals surface area contributed by atoms with E-state index in [1.54, 1.807) is 0 Å². The first-order chi connectivity index (χ1) is 23.6. The SMILES string of the molecule is O=C(O)C1=C(CCl)C[S+]([O-])[C@H]2C(NC(=O)C(=NOC(F)F)c3csc(NC(c4ccccc4)(c4ccccc4)c4ccccc4)n3)C(=O)N12. The first-order valence-electron chi connectivity index (χ1n) is 14.6. The Hall–Kier alpha value is -4.83. The summed E-state index contributed by atoms with van der Waals surface area (Å²) in [5.74, 6) is -3.92. The predicted octanol–water partition coefficient (Wildman–Crippen LogP) is 4.48. The average Bonchev–Trinajstić information content (AvgIpc) is 3.57. The van der Waals surface area contributed by atoms with Gasteiger partial charge in [-0.3, -0.25) is 14.5 Å². The number of thiazole rings is 1. The Bertz CT molecular complexity index is 1820. The molecule has 3 atom stereocenters. The Kier molecular flexibility index (Phi) is 9.96. The van der Waals surface area contributed by atoms with E-state index in [0.29, 0.717) is 0 Å². The van der Waals surface area contributed by atoms with Crippen molar-refractivity contribution in [1.82, 2.24) is 15.2 Å². The minimum Gasteiger partial charge on any atom is -0.614 e. The number of halogens is 3. The molecule has 2 unspecified atom stereocenters. The van der Waals surface area contributed by atoms with Gasteiger partial charge in [-0.05, 0) is 27.9 Å². The highest BCUT2D eigenvalue weighted by molar-refractivity contribution is 7.92. The zero-order chi connectivity index (χ0) is 34.7. The van der Waals surface area contributed by atoms with E-state index in [2.05, 4.69) is 25.6 Å². The first-order valence-corrected chi connectivity index (χ1v) is 17.4. The molecule has 3 heterocycles. The monoisotopic (exact) mass is 725 g/mol. The zero-order valence-electron chi connectivity index (χ0n) is 25.2. The molecule has 252 valence electrons. The predicted molar refractivity (Wildman–Crippen MR) is 180 cm³/mol. The number of alkyl halides is 3. The molecule has 0 spiro atoms. The van der Waals surface area contributed by atoms with Crippen LogP contribution in [0.4, 0.5) is 13.9 Å². The number of carbonyl (C=O) groups is 3. The second kappa shape index (κ2) is 14.3. The van der Waals surface area contributed by atoms with Crippen LogP contribution in [-0.2, 0) is 35.9 Å². The molecule has 2 amide bonds. The Morgan fingerprint density at radius 1 is 1.06 bits per heavy atom. The molecule has 0 aliphatic carbocycles. The van der Waals surface area contributed by atoms with Gasteiger partial charge < -0.3 is 25.1 Å². The maximum atomic E-state index is 13.5. The van der Waals surface area contributed by atoms with Crippen LogP contribution in [0.25, 0.3) is 0 Å². The van der Waals surface area contributed by atoms with Crippen LogP contribution in [0.15, 0.2) is 113 Å². The van der Waals surface area contributed by atoms with Crippen LogP contribution >= 0.6 is 22.9 Å². The fourth-order valence-corrected chi connectivity index (χ4v) is 8.61. The number of carboxylic acids is 1. The number of anilines is 1. The quantitative estimate of drug-likeness (QED) is 0.0482. The van der Waals surface area contributed by atoms with Gasteiger partial charge in [0.1, 0.15) is 22.7 Å². The lowest BCUT2D eigenvalue weighted by Crippen LogP contribution is -2.75. The molecule has 3 aromatic carbocycles. The summed E-state index contributed by atoms with van der Waals surface area (Å²) in [7, 11) is 0. The van der Waals surface area contributed by atoms with Gasteiger partial charge in [0.2, 0.25) is 5.37 Å². The number of aliphatic carboxylic acids is 1. The zero-order valence-corrected chi connectivity index (χ0v) is 27.6. The summed E-state index contributed by atoms with van der Waals surface area (Å²) in [4.78, 5) is 48.0. The number of hydrogen-bond donors (Lipinski definition) is 3. The smallest absolute Gasteiger partial charge is 0.407 e. The van der Waals surface area contributed by atoms with Crippen molar-refractivity contribution in [2.45, 2.75) is 23.6 Å². The number of carboxylic acid groups (broad SMARTS) is 1. The molecule has 0 radical (unpaired) electrons. The number of hydrogen-bond acceptors (Lipinski definition) is 9. The minimum atomic E-state index is -3.38. The van der Waals surface area contributed by atoms with Crippen LogP contribution < -0.4 is 10.6 Å². The van der Waals surface area contributed by atoms with Crippen molar-refractivity contribution in [3.05, 3.63) is 130 Å². The van der Waals surface area contributed by atoms with E-state index in [1.807, 2.05) is 91.0 Å². The van der Waals surface area contributed by atoms with E-state index in [0.717, 1.165) is 32.9 Å². The van der Waals surface area contributed by atoms with Gasteiger partial charge in [0.15, 0.2) is 16.9 Å². The van der Waals surface area contributed by atoms with Gasteiger partial charge in [0, 0.05) is 11.0 Å². The summed E-state index contributed by atoms with van der Waals surface area (Å²) in [6.45, 7) is -3.38. The third-order valence-corrected chi connectivity index (χ3v) is 10.7. The van der Waals surface area contributed by atoms with E-state index in [1.165, 1.54) is 5.38 Å². The van der Waals surface area contributed by atoms with Crippen molar-refractivity contribution < 1.29 is 37.7 Å². The number of β-lactam (4-membered cyclic amide) rings is 1. The number of nitrogens with one attached hydrogen (secondary N) is 2. The van der Waals surface area contributed by atoms with Crippen LogP contribution in [0.1, 0.15) is 22.4 Å². The molecule has 1 saturated heterocycles. The second-order valence-corrected chi connectivity index (χ2v) is 13.4. The third-order valence-electron chi connectivity index (χ3n) is 7.96. The van der Waals surface area contributed by atoms with Gasteiger partial charge in [-0.25, -0.2) is 9.78 Å². The van der Waals surface area contributed by atoms with Crippen LogP contribution in [-0.4, -0.2) is 72.7 Å². The van der Waals surface area contributed by atoms with Crippen LogP contribution in [0.2, 0.25) is 0 Å². The fraction of sp³-hybridized carbons (Fsp3) is 0.182. The Labute approximate surface area is 290 Å². The summed E-state index contributed by atoms with van der Waals surface area (Å²) >= 11 is 5.09. The molecule has 3 N–H and O–H groups in total. The van der Waals surface area contributed by atoms with Gasteiger partial charge in [-0.1, -0.05) is 96.2 Å². The molecule has 1 aromatic heterocycles. The summed E-state index contributed by atoms with van der Waals surface area (Å²) in [6, 6.07) is 27.3. The lowest BCUT2D eigenvalue weighted by atomic mass is 9.77. The number of amides is 2. The Balaban J connectivity index is 1.34. The normalized spacial score (nSPS) is 19.3. The lowest BCUT2D eigenvalue weighted by Gasteiger charge is -2.48. The summed E-state index contributed by atoms with van der Waals surface area (Å²) in [5.41, 5.74) is 0.443. The van der Waals surface area contributed by atoms with Gasteiger partial charge in [-0.15, -0.1) is 22.9 Å². The van der Waals surface area contributed by atoms with E-state index < -0.39 is 63.9 Å². The van der Waals surface area contributed by atoms with E-state index in [4.69, 9.17) is 11.6 Å². The standard InChI is InChI=1S/C33H26ClF2N5O6S2/c34-16-19-18-49(46)29-25(28(43)41(29)26(19)30(44)45)38-27(42)24(40-47-31(35)36)23-17-48-32(37-23)39-33(20-10-4-1-5-11-20,21-12-6-2-7-13-21)22-14-8-3-9-15-22/h1-15,17,25,29,31H,16,18H2,(H,37,39)(H,38,42)(H,44,45)/t25?,29-,49?/m0/s1. The van der Waals surface area contributed by atoms with E-state index >= 15 is 0 Å². The van der Waals surface area contributed by atoms with E-state index in [9.17, 15) is 32.8 Å². The Morgan fingerprint density at radius 2 is 1.61 bits per heavy atom. The van der Waals surface area contributed by atoms with Crippen molar-refractivity contribution in [3.63, 3.8) is 0 Å². The van der Waals surface area contributed by atoms with Crippen LogP contribution in [0.5, 0.6) is 0 Å². The first kappa shape index (κ1) is 34.0. The van der Waals surface area contributed by atoms with Gasteiger partial charge >= 0.3 is 12.6 Å². The summed E-state index contributed by atoms with van der Waals surface area (Å²) < 4.78 is 39.3. The van der Waals surface area contributed by atoms with Crippen molar-refractivity contribution in [2.24, 2.45) is 5.16 Å². The molecule has 0 bridgehead atoms. The molecule has 0 saturated carbocycles. The highest BCUT2D eigenvalue weighted by atomic mass is 35.5. The summed E-state index contributed by atoms with van der Waals surface area (Å²) in [5, 5.41) is 19.4. The van der Waals surface area contributed by atoms with Crippen molar-refractivity contribution in [1.29, 1.82) is 0 Å². The molecular weight excluding hydrogens is 700 g/mol. The maximum Gasteiger partial charge on any atom is 0.407 e. The number of oxime groups is 1. The number of benzene rings is 3. The topological polar surface area (TPSA) is 156 Å². The summed E-state index contributed by atoms with van der Waals surface area (Å²) in [6.07, 6.45) is 0. The molecule has 11 nitrogen and oxygen atoms in total. The van der Waals surface area contributed by atoms with Crippen LogP contribution in [0, 0.1) is 0 Å². The lowest BCUT2D eigenvalue weighted by molar-refractivity contribution is -0.150. The van der Waals surface area contributed by atoms with Gasteiger partial charge in [-0.2, -0.15) is 8.78 Å². The molecule has 6 rings (SSSR count). The fourth-order valence-electron chi connectivity index (χ4n) is 5.84. The molecule has 4 aromatic rings. The largest absolute Gasteiger partial charge is 0.614 e. The highest BCUT2D eigenvalue weighted by Gasteiger charge is 2.61. The molecule has 49 heavy (non-hydrogen) atoms. The highest BCUT2D eigenvalue weighted by Crippen LogP contribution is 2.41. The molecule has 2 aliphatic heterocycles. The number of fused-ring (bicyclic) bond motifs is 1. The van der Waals surface area contributed by atoms with Gasteiger partial charge in [0.05, 0.1) is 5.88 Å². The van der Waals surface area contributed by atoms with Crippen molar-refractivity contribution >= 4 is 62.7 Å². The third kappa shape index (κ3) is 6.49. The van der Waals surface area contributed by atoms with E-state index in [-0.39, 0.29) is 28.0 Å². The minimum absolute atomic E-state index is 0.106. The number of rotatable bonds is 12. The van der Waals surface area contributed by atoms with Crippen LogP contribution in [0.3, 0.4) is 0 Å². The van der Waals surface area contributed by atoms with Crippen molar-refractivity contribution in [3.8, 4) is 0 Å². The molecule has 2 aliphatic rings. The van der Waals surface area contributed by atoms with Gasteiger partial charge in [0.25, 0.3) is 11.8 Å². The average molecular weight is 726 g/mol. The molecular formula is C33H26ClF2N5O6S2. The number of carbonyl (C=O) groups excluding carboxylic acids is 2. The Morgan fingerprint density at radius 3 is 2.10 bits per heavy atom. The molecule has 1 fully saturated rings. The maximum absolute atomic E-state index is 13.5. The number of aromatic nitrogens is 1. The second-order valence-electron chi connectivity index (χ2n) is 10.8. The van der Waals surface area contributed by atoms with Crippen molar-refractivity contribution in [2.75, 3.05) is 16.9 Å².